The summed E-state index contributed by atoms with van der Waals surface area (Å²) in [6, 6.07) is 17.5. The quantitative estimate of drug-likeness (QED) is 0.0137. The molecule has 2 aromatic carbocycles. The molecule has 0 spiro atoms. The molecule has 26 heteroatoms. The molecule has 90 heavy (non-hydrogen) atoms. The molecule has 1 aliphatic carbocycles. The molecule has 0 bridgehead atoms. The van der Waals surface area contributed by atoms with Gasteiger partial charge in [-0.05, 0) is 107 Å². The summed E-state index contributed by atoms with van der Waals surface area (Å²) in [5.74, 6) is 0.299. The van der Waals surface area contributed by atoms with Crippen molar-refractivity contribution >= 4 is 70.3 Å². The first-order valence-electron chi connectivity index (χ1n) is 31.9. The average Bonchev–Trinajstić information content (AvgIpc) is 2.82. The van der Waals surface area contributed by atoms with Gasteiger partial charge in [-0.2, -0.15) is 0 Å². The largest absolute Gasteiger partial charge is 0.447 e. The van der Waals surface area contributed by atoms with Crippen molar-refractivity contribution in [2.75, 3.05) is 156 Å². The van der Waals surface area contributed by atoms with Crippen LogP contribution in [0.2, 0.25) is 0 Å². The number of aryl methyl sites for hydroxylation is 1. The predicted octanol–water partition coefficient (Wildman–Crippen LogP) is 7.58. The molecule has 1 aromatic heterocycles. The maximum atomic E-state index is 13.8. The van der Waals surface area contributed by atoms with Crippen molar-refractivity contribution in [1.29, 1.82) is 0 Å². The Morgan fingerprint density at radius 1 is 0.522 bits per heavy atom. The number of anilines is 1. The summed E-state index contributed by atoms with van der Waals surface area (Å²) in [7, 11) is 0. The number of benzene rings is 2. The van der Waals surface area contributed by atoms with Crippen LogP contribution in [0.1, 0.15) is 107 Å². The minimum absolute atomic E-state index is 0.0235. The molecule has 0 radical (unpaired) electrons. The van der Waals surface area contributed by atoms with Gasteiger partial charge in [0.1, 0.15) is 38.7 Å². The molecule has 1 aliphatic rings. The number of likely N-dealkylation sites (N-methyl/N-ethyl adjacent to an activating group) is 1. The number of carbonyl (C=O) groups is 7. The molecule has 1 saturated carbocycles. The third kappa shape index (κ3) is 33.9. The van der Waals surface area contributed by atoms with Gasteiger partial charge in [0.25, 0.3) is 5.91 Å². The van der Waals surface area contributed by atoms with E-state index >= 15 is 0 Å². The van der Waals surface area contributed by atoms with Gasteiger partial charge in [-0.25, -0.2) is 19.2 Å². The molecule has 25 nitrogen and oxygen atoms in total. The number of unbranched alkanes of at least 4 members (excludes halogenated alkanes) is 6. The fourth-order valence-corrected chi connectivity index (χ4v) is 9.60. The van der Waals surface area contributed by atoms with Gasteiger partial charge in [0.15, 0.2) is 0 Å². The van der Waals surface area contributed by atoms with Gasteiger partial charge in [-0.3, -0.25) is 14.4 Å². The molecular formula is C64H99ClN8O17. The molecule has 0 aliphatic heterocycles. The van der Waals surface area contributed by atoms with E-state index in [1.807, 2.05) is 66.1 Å². The minimum Gasteiger partial charge on any atom is -0.447 e. The monoisotopic (exact) mass is 1290 g/mol. The van der Waals surface area contributed by atoms with Gasteiger partial charge in [0.2, 0.25) is 11.8 Å². The van der Waals surface area contributed by atoms with Crippen LogP contribution in [0, 0.1) is 5.92 Å². The molecule has 6 N–H and O–H groups in total. The van der Waals surface area contributed by atoms with Gasteiger partial charge >= 0.3 is 24.4 Å². The Kier molecular flexibility index (Phi) is 41.2. The van der Waals surface area contributed by atoms with E-state index in [9.17, 15) is 33.6 Å². The van der Waals surface area contributed by atoms with Gasteiger partial charge in [-0.15, -0.1) is 11.6 Å². The van der Waals surface area contributed by atoms with Crippen molar-refractivity contribution in [1.82, 2.24) is 36.5 Å². The molecule has 504 valence electrons. The minimum atomic E-state index is -0.636. The first kappa shape index (κ1) is 75.7. The number of nitrogens with zero attached hydrogens (tertiary/aromatic N) is 2. The SMILES string of the molecule is CCc1cccc(N(CC)C(=O)Cn2c(C(=O)NC3CCC(C(=O)NCCCCCCNC(=O)OCCOCCOCCNC(=O)OC/C=C/COC(=O)NCCOCCOCCOC(=O)NCCOCCOCCCCCCCl)CC3)cc3ccccc32)c1. The Labute approximate surface area is 535 Å². The van der Waals surface area contributed by atoms with E-state index in [-0.39, 0.29) is 129 Å². The van der Waals surface area contributed by atoms with Gasteiger partial charge in [0.05, 0.1) is 72.7 Å². The normalized spacial score (nSPS) is 13.8. The van der Waals surface area contributed by atoms with Crippen LogP contribution in [-0.4, -0.2) is 204 Å². The number of nitrogens with one attached hydrogen (secondary N) is 6. The molecule has 3 aromatic rings. The highest BCUT2D eigenvalue weighted by Crippen LogP contribution is 2.27. The zero-order valence-electron chi connectivity index (χ0n) is 52.9. The number of fused-ring (bicyclic) bond motifs is 1. The van der Waals surface area contributed by atoms with E-state index in [1.165, 1.54) is 12.2 Å². The van der Waals surface area contributed by atoms with Gasteiger partial charge in [0, 0.05) is 80.3 Å². The Bertz CT molecular complexity index is 2530. The summed E-state index contributed by atoms with van der Waals surface area (Å²) in [6.45, 7) is 10.5. The number of carbonyl (C=O) groups excluding carboxylic acids is 7. The first-order chi connectivity index (χ1) is 44.0. The van der Waals surface area contributed by atoms with Crippen LogP contribution in [0.4, 0.5) is 24.9 Å². The second-order valence-electron chi connectivity index (χ2n) is 21.0. The lowest BCUT2D eigenvalue weighted by Crippen LogP contribution is -2.42. The Morgan fingerprint density at radius 2 is 1.02 bits per heavy atom. The zero-order chi connectivity index (χ0) is 64.5. The number of hydrogen-bond donors (Lipinski definition) is 6. The summed E-state index contributed by atoms with van der Waals surface area (Å²) in [5, 5.41) is 17.6. The summed E-state index contributed by atoms with van der Waals surface area (Å²) in [6.07, 6.45) is 11.9. The summed E-state index contributed by atoms with van der Waals surface area (Å²) < 4.78 is 54.6. The molecule has 4 rings (SSSR count). The van der Waals surface area contributed by atoms with E-state index in [1.54, 1.807) is 4.90 Å². The fourth-order valence-electron chi connectivity index (χ4n) is 9.41. The van der Waals surface area contributed by atoms with E-state index in [0.29, 0.717) is 89.9 Å². The lowest BCUT2D eigenvalue weighted by atomic mass is 9.85. The van der Waals surface area contributed by atoms with Crippen LogP contribution >= 0.6 is 11.6 Å². The highest BCUT2D eigenvalue weighted by Gasteiger charge is 2.29. The maximum absolute atomic E-state index is 13.8. The third-order valence-corrected chi connectivity index (χ3v) is 14.5. The third-order valence-electron chi connectivity index (χ3n) is 14.2. The van der Waals surface area contributed by atoms with Crippen molar-refractivity contribution < 1.29 is 80.9 Å². The Hall–Kier alpha value is -6.74. The van der Waals surface area contributed by atoms with Crippen LogP contribution in [-0.2, 0) is 69.9 Å². The number of alkyl carbamates (subject to hydrolysis) is 4. The Balaban J connectivity index is 0.859. The number of para-hydroxylation sites is 1. The first-order valence-corrected chi connectivity index (χ1v) is 32.4. The van der Waals surface area contributed by atoms with Crippen LogP contribution in [0.25, 0.3) is 10.9 Å². The van der Waals surface area contributed by atoms with Crippen LogP contribution in [0.3, 0.4) is 0 Å². The highest BCUT2D eigenvalue weighted by molar-refractivity contribution is 6.17. The standard InChI is InChI=1S/C64H99ClN8O17/c1-3-51-18-17-20-55(48-51)72(4-2)58(74)50-73-56-21-10-9-19-53(56)49-57(73)60(76)71-54-24-22-52(23-25-54)59(75)66-27-12-6-7-13-28-67-61(77)89-46-44-85-42-40-83-35-29-68-62(78)87-33-15-16-34-88-63(79)69-30-36-84-41-43-86-45-47-90-64(80)70-31-37-82-39-38-81-32-14-8-5-11-26-65/h9-10,15-21,48-49,52,54H,3-8,11-14,22-47,50H2,1-2H3,(H,66,75)(H,67,77)(H,68,78)(H,69,79)(H,70,80)(H,71,76)/b16-15+. The van der Waals surface area contributed by atoms with Crippen molar-refractivity contribution in [3.63, 3.8) is 0 Å². The Morgan fingerprint density at radius 3 is 1.59 bits per heavy atom. The van der Waals surface area contributed by atoms with Crippen molar-refractivity contribution in [2.24, 2.45) is 5.92 Å². The summed E-state index contributed by atoms with van der Waals surface area (Å²) in [5.41, 5.74) is 3.25. The number of rotatable bonds is 49. The lowest BCUT2D eigenvalue weighted by molar-refractivity contribution is -0.126. The number of amides is 7. The fraction of sp³-hybridized carbons (Fsp3) is 0.641. The molecule has 7 amide bonds. The maximum Gasteiger partial charge on any atom is 0.407 e. The predicted molar refractivity (Wildman–Crippen MR) is 341 cm³/mol. The number of hydrogen-bond acceptors (Lipinski definition) is 17. The summed E-state index contributed by atoms with van der Waals surface area (Å²) in [4.78, 5) is 89.9. The van der Waals surface area contributed by atoms with E-state index in [0.717, 1.165) is 79.9 Å². The second-order valence-corrected chi connectivity index (χ2v) is 21.4. The number of halogens is 1. The number of ether oxygens (including phenoxy) is 10. The molecule has 0 saturated heterocycles. The number of alkyl halides is 1. The van der Waals surface area contributed by atoms with E-state index in [4.69, 9.17) is 59.0 Å². The smallest absolute Gasteiger partial charge is 0.407 e. The molecule has 0 atom stereocenters. The summed E-state index contributed by atoms with van der Waals surface area (Å²) >= 11 is 5.66. The lowest BCUT2D eigenvalue weighted by Gasteiger charge is -2.28. The van der Waals surface area contributed by atoms with Crippen LogP contribution in [0.15, 0.2) is 66.7 Å². The molecule has 1 fully saturated rings. The highest BCUT2D eigenvalue weighted by atomic mass is 35.5. The van der Waals surface area contributed by atoms with Crippen LogP contribution < -0.4 is 36.8 Å². The van der Waals surface area contributed by atoms with Gasteiger partial charge in [-0.1, -0.05) is 62.9 Å². The van der Waals surface area contributed by atoms with Crippen LogP contribution in [0.5, 0.6) is 0 Å². The molecular weight excluding hydrogens is 1190 g/mol. The molecule has 1 heterocycles. The van der Waals surface area contributed by atoms with Crippen molar-refractivity contribution in [3.8, 4) is 0 Å². The topological polar surface area (TPSA) is 292 Å². The number of aromatic nitrogens is 1. The van der Waals surface area contributed by atoms with Gasteiger partial charge < -0.3 is 88.7 Å². The molecule has 0 unspecified atom stereocenters. The van der Waals surface area contributed by atoms with Crippen molar-refractivity contribution in [2.45, 2.75) is 110 Å². The van der Waals surface area contributed by atoms with E-state index < -0.39 is 24.4 Å². The van der Waals surface area contributed by atoms with E-state index in [2.05, 4.69) is 38.8 Å². The average molecular weight is 1290 g/mol. The van der Waals surface area contributed by atoms with Crippen molar-refractivity contribution in [3.05, 3.63) is 78.0 Å². The second kappa shape index (κ2) is 49.0. The zero-order valence-corrected chi connectivity index (χ0v) is 53.6.